The van der Waals surface area contributed by atoms with Crippen molar-refractivity contribution in [3.05, 3.63) is 23.5 Å². The lowest BCUT2D eigenvalue weighted by atomic mass is 9.74. The zero-order valence-corrected chi connectivity index (χ0v) is 11.2. The predicted molar refractivity (Wildman–Crippen MR) is 71.1 cm³/mol. The van der Waals surface area contributed by atoms with Crippen LogP contribution < -0.4 is 10.6 Å². The van der Waals surface area contributed by atoms with Gasteiger partial charge in [-0.05, 0) is 38.5 Å². The number of benzene rings is 1. The summed E-state index contributed by atoms with van der Waals surface area (Å²) in [7, 11) is 0. The maximum atomic E-state index is 13.6. The molecule has 1 aromatic carbocycles. The van der Waals surface area contributed by atoms with Crippen LogP contribution in [0.25, 0.3) is 0 Å². The van der Waals surface area contributed by atoms with Gasteiger partial charge in [-0.15, -0.1) is 0 Å². The zero-order valence-electron chi connectivity index (χ0n) is 11.2. The Kier molecular flexibility index (Phi) is 2.60. The molecule has 0 fully saturated rings. The van der Waals surface area contributed by atoms with E-state index in [0.717, 1.165) is 17.9 Å². The molecule has 2 N–H and O–H groups in total. The zero-order chi connectivity index (χ0) is 12.8. The van der Waals surface area contributed by atoms with Crippen LogP contribution >= 0.6 is 0 Å². The van der Waals surface area contributed by atoms with Gasteiger partial charge in [0.15, 0.2) is 0 Å². The first-order valence-corrected chi connectivity index (χ1v) is 6.05. The highest BCUT2D eigenvalue weighted by Gasteiger charge is 2.39. The molecule has 0 saturated heterocycles. The summed E-state index contributed by atoms with van der Waals surface area (Å²) in [4.78, 5) is 0. The molecule has 0 saturated carbocycles. The second-order valence-corrected chi connectivity index (χ2v) is 6.13. The Balaban J connectivity index is 2.48. The Hall–Kier alpha value is -1.25. The van der Waals surface area contributed by atoms with E-state index in [1.807, 2.05) is 6.07 Å². The van der Waals surface area contributed by atoms with Crippen LogP contribution in [0, 0.1) is 18.2 Å². The van der Waals surface area contributed by atoms with Crippen LogP contribution in [0.4, 0.5) is 15.8 Å². The largest absolute Gasteiger partial charge is 0.383 e. The van der Waals surface area contributed by atoms with Gasteiger partial charge in [0.1, 0.15) is 5.82 Å². The van der Waals surface area contributed by atoms with E-state index in [2.05, 4.69) is 38.3 Å². The van der Waals surface area contributed by atoms with Crippen molar-refractivity contribution in [2.24, 2.45) is 5.41 Å². The average Bonchev–Trinajstić information content (AvgIpc) is 2.27. The summed E-state index contributed by atoms with van der Waals surface area (Å²) in [6.07, 6.45) is 0. The van der Waals surface area contributed by atoms with Crippen molar-refractivity contribution in [2.45, 2.75) is 40.2 Å². The summed E-state index contributed by atoms with van der Waals surface area (Å²) in [6, 6.07) is 3.45. The van der Waals surface area contributed by atoms with E-state index in [0.29, 0.717) is 5.56 Å². The lowest BCUT2D eigenvalue weighted by molar-refractivity contribution is 0.245. The van der Waals surface area contributed by atoms with Gasteiger partial charge in [-0.3, -0.25) is 0 Å². The lowest BCUT2D eigenvalue weighted by Crippen LogP contribution is -2.47. The van der Waals surface area contributed by atoms with E-state index in [1.54, 1.807) is 13.0 Å². The van der Waals surface area contributed by atoms with Crippen molar-refractivity contribution in [2.75, 3.05) is 17.2 Å². The molecule has 0 amide bonds. The van der Waals surface area contributed by atoms with E-state index in [4.69, 9.17) is 0 Å². The fourth-order valence-electron chi connectivity index (χ4n) is 1.97. The monoisotopic (exact) mass is 236 g/mol. The molecule has 0 aromatic heterocycles. The summed E-state index contributed by atoms with van der Waals surface area (Å²) >= 11 is 0. The van der Waals surface area contributed by atoms with Crippen LogP contribution in [0.2, 0.25) is 0 Å². The van der Waals surface area contributed by atoms with Crippen molar-refractivity contribution < 1.29 is 4.39 Å². The third-order valence-electron chi connectivity index (χ3n) is 4.16. The molecule has 0 radical (unpaired) electrons. The highest BCUT2D eigenvalue weighted by molar-refractivity contribution is 5.72. The Morgan fingerprint density at radius 3 is 2.41 bits per heavy atom. The first kappa shape index (κ1) is 12.2. The molecule has 0 aliphatic carbocycles. The molecule has 3 heteroatoms. The van der Waals surface area contributed by atoms with Gasteiger partial charge >= 0.3 is 0 Å². The molecule has 17 heavy (non-hydrogen) atoms. The number of rotatable bonds is 0. The van der Waals surface area contributed by atoms with Gasteiger partial charge in [0.05, 0.1) is 11.4 Å². The number of aryl methyl sites for hydroxylation is 1. The summed E-state index contributed by atoms with van der Waals surface area (Å²) in [5.41, 5.74) is 2.55. The minimum atomic E-state index is -0.157. The summed E-state index contributed by atoms with van der Waals surface area (Å²) in [5.74, 6) is -0.157. The quantitative estimate of drug-likeness (QED) is 0.716. The summed E-state index contributed by atoms with van der Waals surface area (Å²) < 4.78 is 13.6. The summed E-state index contributed by atoms with van der Waals surface area (Å²) in [6.45, 7) is 11.4. The number of nitrogens with one attached hydrogen (secondary N) is 2. The third-order valence-corrected chi connectivity index (χ3v) is 4.16. The normalized spacial score (nSPS) is 20.8. The number of fused-ring (bicyclic) bond motifs is 1. The van der Waals surface area contributed by atoms with E-state index < -0.39 is 0 Å². The van der Waals surface area contributed by atoms with E-state index >= 15 is 0 Å². The summed E-state index contributed by atoms with van der Waals surface area (Å²) in [5, 5.41) is 6.86. The fourth-order valence-corrected chi connectivity index (χ4v) is 1.97. The lowest BCUT2D eigenvalue weighted by Gasteiger charge is -2.41. The van der Waals surface area contributed by atoms with Gasteiger partial charge in [0, 0.05) is 17.5 Å². The third kappa shape index (κ3) is 1.99. The predicted octanol–water partition coefficient (Wildman–Crippen LogP) is 3.78. The van der Waals surface area contributed by atoms with Crippen LogP contribution in [-0.4, -0.2) is 12.1 Å². The van der Waals surface area contributed by atoms with Gasteiger partial charge in [-0.2, -0.15) is 0 Å². The Labute approximate surface area is 103 Å². The van der Waals surface area contributed by atoms with Crippen molar-refractivity contribution in [1.29, 1.82) is 0 Å². The molecule has 0 atom stereocenters. The first-order chi connectivity index (χ1) is 7.73. The second kappa shape index (κ2) is 3.62. The van der Waals surface area contributed by atoms with Crippen molar-refractivity contribution in [3.8, 4) is 0 Å². The fraction of sp³-hybridized carbons (Fsp3) is 0.571. The van der Waals surface area contributed by atoms with E-state index in [1.165, 1.54) is 0 Å². The Morgan fingerprint density at radius 1 is 1.12 bits per heavy atom. The molecule has 0 bridgehead atoms. The molecule has 1 aliphatic rings. The number of anilines is 2. The van der Waals surface area contributed by atoms with Crippen molar-refractivity contribution in [1.82, 2.24) is 0 Å². The molecule has 1 aromatic rings. The van der Waals surface area contributed by atoms with Gasteiger partial charge < -0.3 is 10.6 Å². The molecule has 2 nitrogen and oxygen atoms in total. The topological polar surface area (TPSA) is 24.1 Å². The van der Waals surface area contributed by atoms with Gasteiger partial charge in [-0.1, -0.05) is 13.8 Å². The van der Waals surface area contributed by atoms with Crippen LogP contribution in [-0.2, 0) is 0 Å². The second-order valence-electron chi connectivity index (χ2n) is 6.13. The molecule has 2 rings (SSSR count). The Morgan fingerprint density at radius 2 is 1.76 bits per heavy atom. The number of hydrogen-bond donors (Lipinski definition) is 2. The molecular weight excluding hydrogens is 215 g/mol. The molecule has 1 aliphatic heterocycles. The maximum absolute atomic E-state index is 13.6. The highest BCUT2D eigenvalue weighted by Crippen LogP contribution is 2.40. The highest BCUT2D eigenvalue weighted by atomic mass is 19.1. The minimum Gasteiger partial charge on any atom is -0.383 e. The molecule has 94 valence electrons. The SMILES string of the molecule is Cc1cc2c(cc1F)NCC(C)(C)C(C)(C)N2. The number of hydrogen-bond acceptors (Lipinski definition) is 2. The maximum Gasteiger partial charge on any atom is 0.128 e. The Bertz CT molecular complexity index is 450. The van der Waals surface area contributed by atoms with Crippen LogP contribution in [0.15, 0.2) is 12.1 Å². The molecular formula is C14H21FN2. The van der Waals surface area contributed by atoms with Gasteiger partial charge in [0.25, 0.3) is 0 Å². The number of halogens is 1. The van der Waals surface area contributed by atoms with Crippen molar-refractivity contribution in [3.63, 3.8) is 0 Å². The molecule has 0 unspecified atom stereocenters. The molecule has 0 spiro atoms. The van der Waals surface area contributed by atoms with Crippen LogP contribution in [0.1, 0.15) is 33.3 Å². The van der Waals surface area contributed by atoms with E-state index in [9.17, 15) is 4.39 Å². The van der Waals surface area contributed by atoms with Gasteiger partial charge in [-0.25, -0.2) is 4.39 Å². The van der Waals surface area contributed by atoms with Crippen LogP contribution in [0.5, 0.6) is 0 Å². The van der Waals surface area contributed by atoms with Crippen LogP contribution in [0.3, 0.4) is 0 Å². The average molecular weight is 236 g/mol. The van der Waals surface area contributed by atoms with Gasteiger partial charge in [0.2, 0.25) is 0 Å². The first-order valence-electron chi connectivity index (χ1n) is 6.05. The van der Waals surface area contributed by atoms with E-state index in [-0.39, 0.29) is 16.8 Å². The molecule has 1 heterocycles. The minimum absolute atomic E-state index is 0.0461. The standard InChI is InChI=1S/C14H21FN2/c1-9-6-12-11(7-10(9)15)16-8-13(2,3)14(4,5)17-12/h6-7,16-17H,8H2,1-5H3. The van der Waals surface area contributed by atoms with Crippen molar-refractivity contribution >= 4 is 11.4 Å². The smallest absolute Gasteiger partial charge is 0.128 e.